The summed E-state index contributed by atoms with van der Waals surface area (Å²) in [5, 5.41) is 3.53. The molecule has 1 N–H and O–H groups in total. The van der Waals surface area contributed by atoms with E-state index in [2.05, 4.69) is 19.2 Å². The van der Waals surface area contributed by atoms with E-state index < -0.39 is 0 Å². The maximum Gasteiger partial charge on any atom is -0.00175 e. The monoisotopic (exact) mass is 153 g/mol. The number of hydrogen-bond donors (Lipinski definition) is 1. The molecule has 1 aliphatic heterocycles. The summed E-state index contributed by atoms with van der Waals surface area (Å²) in [7, 11) is 0. The summed E-state index contributed by atoms with van der Waals surface area (Å²) in [6, 6.07) is 0. The molecule has 1 aliphatic carbocycles. The Balaban J connectivity index is 2.09. The SMILES string of the molecule is CC(C)C1C2CCC1CNC2. The molecule has 0 amide bonds. The molecule has 1 heterocycles. The van der Waals surface area contributed by atoms with Gasteiger partial charge in [0.25, 0.3) is 0 Å². The van der Waals surface area contributed by atoms with Crippen molar-refractivity contribution in [2.45, 2.75) is 26.7 Å². The van der Waals surface area contributed by atoms with Crippen molar-refractivity contribution in [2.24, 2.45) is 23.7 Å². The lowest BCUT2D eigenvalue weighted by atomic mass is 9.78. The molecule has 2 fully saturated rings. The van der Waals surface area contributed by atoms with Crippen molar-refractivity contribution in [3.8, 4) is 0 Å². The second-order valence-corrected chi connectivity index (χ2v) is 4.58. The standard InChI is InChI=1S/C10H19N/c1-7(2)10-8-3-4-9(10)6-11-5-8/h7-11H,3-6H2,1-2H3. The average Bonchev–Trinajstić information content (AvgIpc) is 2.23. The Kier molecular flexibility index (Phi) is 1.92. The van der Waals surface area contributed by atoms with Crippen LogP contribution in [0.1, 0.15) is 26.7 Å². The van der Waals surface area contributed by atoms with E-state index in [0.29, 0.717) is 0 Å². The molecular weight excluding hydrogens is 134 g/mol. The van der Waals surface area contributed by atoms with Gasteiger partial charge < -0.3 is 5.32 Å². The average molecular weight is 153 g/mol. The molecule has 11 heavy (non-hydrogen) atoms. The molecule has 64 valence electrons. The van der Waals surface area contributed by atoms with Gasteiger partial charge in [0.15, 0.2) is 0 Å². The summed E-state index contributed by atoms with van der Waals surface area (Å²) in [5.41, 5.74) is 0. The molecule has 2 rings (SSSR count). The smallest absolute Gasteiger partial charge is 0.00175 e. The van der Waals surface area contributed by atoms with Crippen LogP contribution >= 0.6 is 0 Å². The van der Waals surface area contributed by atoms with Crippen LogP contribution in [0.4, 0.5) is 0 Å². The van der Waals surface area contributed by atoms with Crippen LogP contribution in [0.3, 0.4) is 0 Å². The fourth-order valence-corrected chi connectivity index (χ4v) is 3.22. The third kappa shape index (κ3) is 1.20. The molecule has 2 aliphatic rings. The first-order chi connectivity index (χ1) is 5.29. The quantitative estimate of drug-likeness (QED) is 0.606. The van der Waals surface area contributed by atoms with Crippen molar-refractivity contribution in [1.29, 1.82) is 0 Å². The van der Waals surface area contributed by atoms with Gasteiger partial charge in [-0.1, -0.05) is 13.8 Å². The van der Waals surface area contributed by atoms with Crippen LogP contribution in [0.15, 0.2) is 0 Å². The van der Waals surface area contributed by atoms with Gasteiger partial charge >= 0.3 is 0 Å². The Labute approximate surface area is 69.6 Å². The second-order valence-electron chi connectivity index (χ2n) is 4.58. The van der Waals surface area contributed by atoms with E-state index in [4.69, 9.17) is 0 Å². The van der Waals surface area contributed by atoms with Gasteiger partial charge in [-0.25, -0.2) is 0 Å². The number of nitrogens with one attached hydrogen (secondary N) is 1. The lowest BCUT2D eigenvalue weighted by Gasteiger charge is -2.33. The van der Waals surface area contributed by atoms with Crippen LogP contribution in [-0.4, -0.2) is 13.1 Å². The summed E-state index contributed by atoms with van der Waals surface area (Å²) in [6.45, 7) is 7.36. The Hall–Kier alpha value is -0.0400. The third-order valence-corrected chi connectivity index (χ3v) is 3.58. The fraction of sp³-hybridized carbons (Fsp3) is 1.00. The van der Waals surface area contributed by atoms with Crippen LogP contribution in [0.5, 0.6) is 0 Å². The summed E-state index contributed by atoms with van der Waals surface area (Å²) >= 11 is 0. The molecule has 2 unspecified atom stereocenters. The van der Waals surface area contributed by atoms with Crippen molar-refractivity contribution in [3.63, 3.8) is 0 Å². The fourth-order valence-electron chi connectivity index (χ4n) is 3.22. The van der Waals surface area contributed by atoms with Crippen molar-refractivity contribution < 1.29 is 0 Å². The van der Waals surface area contributed by atoms with E-state index in [1.54, 1.807) is 0 Å². The molecule has 0 aromatic rings. The van der Waals surface area contributed by atoms with Crippen LogP contribution < -0.4 is 5.32 Å². The van der Waals surface area contributed by atoms with E-state index in [0.717, 1.165) is 23.7 Å². The van der Waals surface area contributed by atoms with Crippen molar-refractivity contribution in [2.75, 3.05) is 13.1 Å². The Morgan fingerprint density at radius 3 is 2.00 bits per heavy atom. The normalized spacial score (nSPS) is 43.4. The Bertz CT molecular complexity index is 126. The van der Waals surface area contributed by atoms with Gasteiger partial charge in [-0.2, -0.15) is 0 Å². The molecule has 1 heteroatoms. The summed E-state index contributed by atoms with van der Waals surface area (Å²) in [4.78, 5) is 0. The second kappa shape index (κ2) is 2.78. The molecule has 1 saturated carbocycles. The van der Waals surface area contributed by atoms with Crippen LogP contribution in [0.25, 0.3) is 0 Å². The molecule has 0 radical (unpaired) electrons. The maximum atomic E-state index is 3.53. The number of rotatable bonds is 1. The van der Waals surface area contributed by atoms with Crippen molar-refractivity contribution in [3.05, 3.63) is 0 Å². The predicted octanol–water partition coefficient (Wildman–Crippen LogP) is 1.89. The van der Waals surface area contributed by atoms with E-state index in [1.807, 2.05) is 0 Å². The first kappa shape index (κ1) is 7.60. The van der Waals surface area contributed by atoms with Gasteiger partial charge in [0.1, 0.15) is 0 Å². The number of hydrogen-bond acceptors (Lipinski definition) is 1. The Morgan fingerprint density at radius 2 is 1.64 bits per heavy atom. The molecule has 0 spiro atoms. The highest BCUT2D eigenvalue weighted by Crippen LogP contribution is 2.42. The minimum atomic E-state index is 0.912. The number of fused-ring (bicyclic) bond motifs is 2. The molecule has 0 aromatic heterocycles. The lowest BCUT2D eigenvalue weighted by Crippen LogP contribution is -2.40. The first-order valence-electron chi connectivity index (χ1n) is 4.99. The minimum Gasteiger partial charge on any atom is -0.316 e. The topological polar surface area (TPSA) is 12.0 Å². The molecule has 0 aromatic carbocycles. The molecule has 2 bridgehead atoms. The first-order valence-corrected chi connectivity index (χ1v) is 4.99. The largest absolute Gasteiger partial charge is 0.316 e. The van der Waals surface area contributed by atoms with Crippen molar-refractivity contribution >= 4 is 0 Å². The Morgan fingerprint density at radius 1 is 1.09 bits per heavy atom. The predicted molar refractivity (Wildman–Crippen MR) is 47.4 cm³/mol. The molecule has 2 atom stereocenters. The van der Waals surface area contributed by atoms with E-state index in [-0.39, 0.29) is 0 Å². The van der Waals surface area contributed by atoms with Gasteiger partial charge in [0.2, 0.25) is 0 Å². The van der Waals surface area contributed by atoms with E-state index in [9.17, 15) is 0 Å². The molecular formula is C10H19N. The highest BCUT2D eigenvalue weighted by Gasteiger charge is 2.39. The zero-order valence-electron chi connectivity index (χ0n) is 7.64. The van der Waals surface area contributed by atoms with Crippen LogP contribution in [-0.2, 0) is 0 Å². The summed E-state index contributed by atoms with van der Waals surface area (Å²) < 4.78 is 0. The van der Waals surface area contributed by atoms with Gasteiger partial charge in [-0.05, 0) is 49.6 Å². The van der Waals surface area contributed by atoms with Crippen LogP contribution in [0.2, 0.25) is 0 Å². The van der Waals surface area contributed by atoms with Gasteiger partial charge in [0, 0.05) is 0 Å². The van der Waals surface area contributed by atoms with Gasteiger partial charge in [-0.15, -0.1) is 0 Å². The third-order valence-electron chi connectivity index (χ3n) is 3.58. The van der Waals surface area contributed by atoms with Crippen molar-refractivity contribution in [1.82, 2.24) is 5.32 Å². The summed E-state index contributed by atoms with van der Waals surface area (Å²) in [5.74, 6) is 3.97. The maximum absolute atomic E-state index is 3.53. The van der Waals surface area contributed by atoms with Gasteiger partial charge in [0.05, 0.1) is 0 Å². The molecule has 1 saturated heterocycles. The van der Waals surface area contributed by atoms with Crippen LogP contribution in [0, 0.1) is 23.7 Å². The zero-order chi connectivity index (χ0) is 7.84. The minimum absolute atomic E-state index is 0.912. The summed E-state index contributed by atoms with van der Waals surface area (Å²) in [6.07, 6.45) is 2.97. The van der Waals surface area contributed by atoms with Gasteiger partial charge in [-0.3, -0.25) is 0 Å². The highest BCUT2D eigenvalue weighted by atomic mass is 14.9. The van der Waals surface area contributed by atoms with E-state index >= 15 is 0 Å². The lowest BCUT2D eigenvalue weighted by molar-refractivity contribution is 0.185. The van der Waals surface area contributed by atoms with E-state index in [1.165, 1.54) is 25.9 Å². The zero-order valence-corrected chi connectivity index (χ0v) is 7.64. The molecule has 1 nitrogen and oxygen atoms in total. The number of piperidine rings is 1. The highest BCUT2D eigenvalue weighted by molar-refractivity contribution is 4.92.